The number of aromatic amines is 1. The summed E-state index contributed by atoms with van der Waals surface area (Å²) in [5, 5.41) is 0. The van der Waals surface area contributed by atoms with E-state index in [1.807, 2.05) is 19.1 Å². The maximum atomic E-state index is 13.2. The predicted molar refractivity (Wildman–Crippen MR) is 101 cm³/mol. The highest BCUT2D eigenvalue weighted by Crippen LogP contribution is 2.54. The first-order chi connectivity index (χ1) is 12.9. The minimum absolute atomic E-state index is 0.210. The first kappa shape index (κ1) is 18.4. The number of H-pyrrole nitrogens is 1. The number of benzene rings is 1. The van der Waals surface area contributed by atoms with Crippen molar-refractivity contribution in [2.75, 3.05) is 12.8 Å². The van der Waals surface area contributed by atoms with Gasteiger partial charge in [-0.1, -0.05) is 18.2 Å². The molecule has 27 heavy (non-hydrogen) atoms. The van der Waals surface area contributed by atoms with Crippen molar-refractivity contribution >= 4 is 7.37 Å². The maximum absolute atomic E-state index is 13.2. The first-order valence-electron chi connectivity index (χ1n) is 9.20. The second-order valence-corrected chi connectivity index (χ2v) is 9.91. The zero-order valence-electron chi connectivity index (χ0n) is 15.2. The molecule has 1 N–H and O–H groups in total. The van der Waals surface area contributed by atoms with Crippen molar-refractivity contribution in [3.8, 4) is 0 Å². The van der Waals surface area contributed by atoms with Crippen molar-refractivity contribution in [1.29, 1.82) is 0 Å². The molecular weight excluding hydrogens is 367 g/mol. The molecule has 0 bridgehead atoms. The van der Waals surface area contributed by atoms with Crippen LogP contribution in [0.15, 0.2) is 40.1 Å². The average Bonchev–Trinajstić information content (AvgIpc) is 3.10. The standard InChI is InChI=1S/C19H23N2O5P/c1-13-3-2-4-14-8-10-27(24,12-16(13)14)25-11-15-5-6-18(26-15)21-9-7-17(22)20-19(21)23/h2-4,7,9,15,18H,5-6,8,10-12H2,1H3,(H,20,22,23)/t15-,18+,27?/m0/s1. The van der Waals surface area contributed by atoms with Gasteiger partial charge < -0.3 is 9.26 Å². The molecule has 144 valence electrons. The molecule has 0 saturated carbocycles. The quantitative estimate of drug-likeness (QED) is 0.811. The molecular formula is C19H23N2O5P. The summed E-state index contributed by atoms with van der Waals surface area (Å²) in [5.74, 6) is 0. The molecule has 0 spiro atoms. The summed E-state index contributed by atoms with van der Waals surface area (Å²) < 4.78 is 26.3. The molecule has 0 radical (unpaired) electrons. The van der Waals surface area contributed by atoms with Gasteiger partial charge in [0.15, 0.2) is 0 Å². The van der Waals surface area contributed by atoms with Crippen LogP contribution in [0.3, 0.4) is 0 Å². The fraction of sp³-hybridized carbons (Fsp3) is 0.474. The molecule has 2 aliphatic heterocycles. The molecule has 8 heteroatoms. The van der Waals surface area contributed by atoms with Crippen LogP contribution in [0.25, 0.3) is 0 Å². The highest BCUT2D eigenvalue weighted by atomic mass is 31.2. The fourth-order valence-electron chi connectivity index (χ4n) is 3.83. The molecule has 1 saturated heterocycles. The van der Waals surface area contributed by atoms with Crippen LogP contribution in [-0.2, 0) is 26.4 Å². The van der Waals surface area contributed by atoms with Crippen molar-refractivity contribution in [1.82, 2.24) is 9.55 Å². The van der Waals surface area contributed by atoms with E-state index in [1.54, 1.807) is 0 Å². The molecule has 4 rings (SSSR count). The summed E-state index contributed by atoms with van der Waals surface area (Å²) in [6.07, 6.45) is 3.96. The number of rotatable bonds is 4. The molecule has 1 aromatic carbocycles. The summed E-state index contributed by atoms with van der Waals surface area (Å²) >= 11 is 0. The third kappa shape index (κ3) is 3.86. The van der Waals surface area contributed by atoms with E-state index in [-0.39, 0.29) is 12.7 Å². The molecule has 2 aliphatic rings. The van der Waals surface area contributed by atoms with E-state index in [9.17, 15) is 14.2 Å². The zero-order valence-corrected chi connectivity index (χ0v) is 16.1. The van der Waals surface area contributed by atoms with Gasteiger partial charge >= 0.3 is 5.69 Å². The van der Waals surface area contributed by atoms with Gasteiger partial charge in [0.1, 0.15) is 6.23 Å². The predicted octanol–water partition coefficient (Wildman–Crippen LogP) is 2.57. The summed E-state index contributed by atoms with van der Waals surface area (Å²) in [6.45, 7) is 2.30. The third-order valence-electron chi connectivity index (χ3n) is 5.37. The van der Waals surface area contributed by atoms with Gasteiger partial charge in [-0.15, -0.1) is 0 Å². The van der Waals surface area contributed by atoms with Crippen LogP contribution >= 0.6 is 7.37 Å². The molecule has 1 fully saturated rings. The molecule has 0 aliphatic carbocycles. The minimum atomic E-state index is -2.73. The molecule has 3 atom stereocenters. The van der Waals surface area contributed by atoms with Crippen LogP contribution in [0.5, 0.6) is 0 Å². The van der Waals surface area contributed by atoms with Gasteiger partial charge in [-0.25, -0.2) is 4.79 Å². The lowest BCUT2D eigenvalue weighted by atomic mass is 10.0. The van der Waals surface area contributed by atoms with E-state index in [4.69, 9.17) is 9.26 Å². The van der Waals surface area contributed by atoms with Crippen molar-refractivity contribution in [3.63, 3.8) is 0 Å². The second kappa shape index (κ2) is 7.23. The van der Waals surface area contributed by atoms with E-state index in [0.29, 0.717) is 25.2 Å². The van der Waals surface area contributed by atoms with E-state index >= 15 is 0 Å². The number of hydrogen-bond donors (Lipinski definition) is 1. The van der Waals surface area contributed by atoms with Gasteiger partial charge in [0.2, 0.25) is 7.37 Å². The van der Waals surface area contributed by atoms with Crippen molar-refractivity contribution in [3.05, 3.63) is 68.0 Å². The Morgan fingerprint density at radius 3 is 2.96 bits per heavy atom. The van der Waals surface area contributed by atoms with Crippen molar-refractivity contribution < 1.29 is 13.8 Å². The summed E-state index contributed by atoms with van der Waals surface area (Å²) in [7, 11) is -2.73. The fourth-order valence-corrected chi connectivity index (χ4v) is 6.16. The lowest BCUT2D eigenvalue weighted by Gasteiger charge is -2.27. The van der Waals surface area contributed by atoms with Crippen molar-refractivity contribution in [2.24, 2.45) is 0 Å². The Morgan fingerprint density at radius 2 is 2.15 bits per heavy atom. The molecule has 1 unspecified atom stereocenters. The van der Waals surface area contributed by atoms with Crippen LogP contribution in [0, 0.1) is 6.92 Å². The van der Waals surface area contributed by atoms with Crippen LogP contribution in [0.4, 0.5) is 0 Å². The highest BCUT2D eigenvalue weighted by molar-refractivity contribution is 7.58. The third-order valence-corrected chi connectivity index (χ3v) is 7.69. The highest BCUT2D eigenvalue weighted by Gasteiger charge is 2.33. The Bertz CT molecular complexity index is 1010. The SMILES string of the molecule is Cc1cccc2c1CP(=O)(OC[C@@H]1CC[C@H](n3ccc(=O)[nH]c3=O)O1)CC2. The number of nitrogens with zero attached hydrogens (tertiary/aromatic N) is 1. The normalized spacial score (nSPS) is 27.4. The number of nitrogens with one attached hydrogen (secondary N) is 1. The Labute approximate surface area is 156 Å². The van der Waals surface area contributed by atoms with Gasteiger partial charge in [-0.3, -0.25) is 18.9 Å². The molecule has 3 heterocycles. The Kier molecular flexibility index (Phi) is 4.93. The Hall–Kier alpha value is -1.95. The van der Waals surface area contributed by atoms with Gasteiger partial charge in [-0.05, 0) is 42.9 Å². The van der Waals surface area contributed by atoms with Crippen LogP contribution in [-0.4, -0.2) is 28.4 Å². The Morgan fingerprint density at radius 1 is 1.30 bits per heavy atom. The van der Waals surface area contributed by atoms with Gasteiger partial charge in [0.05, 0.1) is 18.9 Å². The van der Waals surface area contributed by atoms with Crippen LogP contribution in [0.1, 0.15) is 35.8 Å². The number of aryl methyl sites for hydroxylation is 2. The maximum Gasteiger partial charge on any atom is 0.330 e. The largest absolute Gasteiger partial charge is 0.352 e. The smallest absolute Gasteiger partial charge is 0.330 e. The zero-order chi connectivity index (χ0) is 19.0. The van der Waals surface area contributed by atoms with Crippen LogP contribution in [0.2, 0.25) is 0 Å². The Balaban J connectivity index is 1.39. The van der Waals surface area contributed by atoms with Crippen molar-refractivity contribution in [2.45, 2.75) is 44.7 Å². The number of aromatic nitrogens is 2. The monoisotopic (exact) mass is 390 g/mol. The van der Waals surface area contributed by atoms with E-state index in [1.165, 1.54) is 22.4 Å². The molecule has 7 nitrogen and oxygen atoms in total. The lowest BCUT2D eigenvalue weighted by Crippen LogP contribution is -2.31. The number of hydrogen-bond acceptors (Lipinski definition) is 5. The van der Waals surface area contributed by atoms with E-state index in [2.05, 4.69) is 11.1 Å². The number of ether oxygens (including phenoxy) is 1. The van der Waals surface area contributed by atoms with Gasteiger partial charge in [-0.2, -0.15) is 0 Å². The topological polar surface area (TPSA) is 90.4 Å². The van der Waals surface area contributed by atoms with Gasteiger partial charge in [0, 0.05) is 18.4 Å². The summed E-state index contributed by atoms with van der Waals surface area (Å²) in [5.41, 5.74) is 2.66. The minimum Gasteiger partial charge on any atom is -0.352 e. The van der Waals surface area contributed by atoms with Crippen LogP contribution < -0.4 is 11.2 Å². The molecule has 1 aromatic heterocycles. The number of fused-ring (bicyclic) bond motifs is 1. The average molecular weight is 390 g/mol. The van der Waals surface area contributed by atoms with E-state index in [0.717, 1.165) is 17.5 Å². The second-order valence-electron chi connectivity index (χ2n) is 7.26. The molecule has 2 aromatic rings. The first-order valence-corrected chi connectivity index (χ1v) is 11.2. The van der Waals surface area contributed by atoms with E-state index < -0.39 is 24.8 Å². The van der Waals surface area contributed by atoms with Gasteiger partial charge in [0.25, 0.3) is 5.56 Å². The summed E-state index contributed by atoms with van der Waals surface area (Å²) in [4.78, 5) is 25.3. The lowest BCUT2D eigenvalue weighted by molar-refractivity contribution is -0.0197. The summed E-state index contributed by atoms with van der Waals surface area (Å²) in [6, 6.07) is 7.48. The molecule has 0 amide bonds.